The van der Waals surface area contributed by atoms with E-state index in [1.807, 2.05) is 6.92 Å². The van der Waals surface area contributed by atoms with Gasteiger partial charge >= 0.3 is 0 Å². The van der Waals surface area contributed by atoms with Crippen LogP contribution in [0.15, 0.2) is 0 Å². The van der Waals surface area contributed by atoms with E-state index in [1.54, 1.807) is 0 Å². The molecule has 1 fully saturated rings. The van der Waals surface area contributed by atoms with Crippen molar-refractivity contribution in [1.82, 2.24) is 5.32 Å². The Morgan fingerprint density at radius 3 is 2.70 bits per heavy atom. The number of amides is 2. The predicted molar refractivity (Wildman–Crippen MR) is 35.2 cm³/mol. The Balaban J connectivity index is 2.46. The van der Waals surface area contributed by atoms with Crippen LogP contribution < -0.4 is 5.32 Å². The highest BCUT2D eigenvalue weighted by Gasteiger charge is 2.31. The maximum absolute atomic E-state index is 10.8. The summed E-state index contributed by atoms with van der Waals surface area (Å²) in [5.74, 6) is -0.562. The zero-order valence-corrected chi connectivity index (χ0v) is 5.96. The van der Waals surface area contributed by atoms with Crippen LogP contribution in [-0.4, -0.2) is 11.8 Å². The van der Waals surface area contributed by atoms with E-state index in [-0.39, 0.29) is 17.7 Å². The van der Waals surface area contributed by atoms with Crippen LogP contribution in [0.5, 0.6) is 0 Å². The lowest BCUT2D eigenvalue weighted by atomic mass is 10.0. The molecule has 1 radical (unpaired) electrons. The smallest absolute Gasteiger partial charge is 0.252 e. The van der Waals surface area contributed by atoms with Crippen LogP contribution >= 0.6 is 0 Å². The van der Waals surface area contributed by atoms with Gasteiger partial charge in [-0.3, -0.25) is 9.59 Å². The molecule has 1 unspecified atom stereocenters. The van der Waals surface area contributed by atoms with E-state index in [4.69, 9.17) is 0 Å². The number of hydrogen-bond donors (Lipinski definition) is 0. The first-order valence-electron chi connectivity index (χ1n) is 3.52. The van der Waals surface area contributed by atoms with Crippen LogP contribution in [0.1, 0.15) is 26.2 Å². The lowest BCUT2D eigenvalue weighted by molar-refractivity contribution is -0.126. The second-order valence-electron chi connectivity index (χ2n) is 2.53. The Morgan fingerprint density at radius 1 is 1.60 bits per heavy atom. The third-order valence-corrected chi connectivity index (χ3v) is 1.64. The summed E-state index contributed by atoms with van der Waals surface area (Å²) in [6.45, 7) is 2.00. The van der Waals surface area contributed by atoms with Gasteiger partial charge in [-0.25, -0.2) is 0 Å². The summed E-state index contributed by atoms with van der Waals surface area (Å²) in [6, 6.07) is 0. The lowest BCUT2D eigenvalue weighted by Gasteiger charge is -1.98. The van der Waals surface area contributed by atoms with E-state index in [9.17, 15) is 9.59 Å². The van der Waals surface area contributed by atoms with Gasteiger partial charge in [-0.1, -0.05) is 13.3 Å². The highest BCUT2D eigenvalue weighted by Crippen LogP contribution is 2.17. The van der Waals surface area contributed by atoms with Gasteiger partial charge in [0, 0.05) is 12.3 Å². The van der Waals surface area contributed by atoms with Gasteiger partial charge < -0.3 is 0 Å². The maximum Gasteiger partial charge on any atom is 0.252 e. The van der Waals surface area contributed by atoms with E-state index in [1.165, 1.54) is 0 Å². The van der Waals surface area contributed by atoms with Crippen molar-refractivity contribution >= 4 is 11.8 Å². The highest BCUT2D eigenvalue weighted by atomic mass is 16.2. The fourth-order valence-electron chi connectivity index (χ4n) is 1.13. The molecule has 0 spiro atoms. The quantitative estimate of drug-likeness (QED) is 0.523. The van der Waals surface area contributed by atoms with Crippen LogP contribution in [-0.2, 0) is 9.59 Å². The predicted octanol–water partition coefficient (Wildman–Crippen LogP) is 0.464. The van der Waals surface area contributed by atoms with Crippen molar-refractivity contribution in [2.24, 2.45) is 5.92 Å². The van der Waals surface area contributed by atoms with E-state index in [0.29, 0.717) is 6.42 Å². The molecular formula is C7H10NO2. The van der Waals surface area contributed by atoms with Gasteiger partial charge in [-0.05, 0) is 6.42 Å². The summed E-state index contributed by atoms with van der Waals surface area (Å²) in [5, 5.41) is 3.31. The molecule has 1 heterocycles. The molecule has 1 saturated heterocycles. The maximum atomic E-state index is 10.8. The van der Waals surface area contributed by atoms with Crippen molar-refractivity contribution in [3.8, 4) is 0 Å². The summed E-state index contributed by atoms with van der Waals surface area (Å²) in [5.41, 5.74) is 0. The number of hydrogen-bond acceptors (Lipinski definition) is 2. The number of rotatable bonds is 2. The average molecular weight is 140 g/mol. The monoisotopic (exact) mass is 140 g/mol. The van der Waals surface area contributed by atoms with Crippen molar-refractivity contribution in [2.45, 2.75) is 26.2 Å². The summed E-state index contributed by atoms with van der Waals surface area (Å²) >= 11 is 0. The third kappa shape index (κ3) is 1.35. The number of nitrogens with zero attached hydrogens (tertiary/aromatic N) is 1. The second kappa shape index (κ2) is 2.82. The molecule has 55 valence electrons. The minimum absolute atomic E-state index is 0.0995. The molecule has 10 heavy (non-hydrogen) atoms. The van der Waals surface area contributed by atoms with E-state index >= 15 is 0 Å². The zero-order valence-electron chi connectivity index (χ0n) is 5.96. The Labute approximate surface area is 59.8 Å². The van der Waals surface area contributed by atoms with Crippen LogP contribution in [0, 0.1) is 5.92 Å². The molecule has 0 N–H and O–H groups in total. The highest BCUT2D eigenvalue weighted by molar-refractivity contribution is 6.02. The first kappa shape index (κ1) is 7.25. The first-order chi connectivity index (χ1) is 4.74. The molecule has 0 aromatic carbocycles. The number of carbonyl (C=O) groups excluding carboxylic acids is 2. The van der Waals surface area contributed by atoms with Gasteiger partial charge in [0.1, 0.15) is 0 Å². The minimum Gasteiger partial charge on any atom is -0.272 e. The molecule has 1 aliphatic rings. The van der Waals surface area contributed by atoms with Crippen molar-refractivity contribution in [3.05, 3.63) is 0 Å². The van der Waals surface area contributed by atoms with Gasteiger partial charge in [0.15, 0.2) is 0 Å². The van der Waals surface area contributed by atoms with Gasteiger partial charge in [0.25, 0.3) is 5.91 Å². The van der Waals surface area contributed by atoms with Crippen LogP contribution in [0.4, 0.5) is 0 Å². The topological polar surface area (TPSA) is 48.2 Å². The molecule has 1 atom stereocenters. The molecule has 3 heteroatoms. The van der Waals surface area contributed by atoms with E-state index in [2.05, 4.69) is 5.32 Å². The molecule has 0 bridgehead atoms. The Morgan fingerprint density at radius 2 is 2.30 bits per heavy atom. The minimum atomic E-state index is -0.247. The van der Waals surface area contributed by atoms with Crippen LogP contribution in [0.25, 0.3) is 0 Å². The van der Waals surface area contributed by atoms with E-state index in [0.717, 1.165) is 12.8 Å². The average Bonchev–Trinajstić information content (AvgIpc) is 2.13. The fraction of sp³-hybridized carbons (Fsp3) is 0.714. The molecule has 3 nitrogen and oxygen atoms in total. The summed E-state index contributed by atoms with van der Waals surface area (Å²) < 4.78 is 0. The Bertz CT molecular complexity index is 165. The number of imide groups is 1. The van der Waals surface area contributed by atoms with Crippen molar-refractivity contribution in [3.63, 3.8) is 0 Å². The third-order valence-electron chi connectivity index (χ3n) is 1.64. The van der Waals surface area contributed by atoms with Crippen LogP contribution in [0.3, 0.4) is 0 Å². The van der Waals surface area contributed by atoms with Gasteiger partial charge in [0.05, 0.1) is 0 Å². The van der Waals surface area contributed by atoms with E-state index < -0.39 is 0 Å². The summed E-state index contributed by atoms with van der Waals surface area (Å²) in [7, 11) is 0. The Kier molecular flexibility index (Phi) is 2.04. The van der Waals surface area contributed by atoms with Gasteiger partial charge in [-0.2, -0.15) is 5.32 Å². The second-order valence-corrected chi connectivity index (χ2v) is 2.53. The fourth-order valence-corrected chi connectivity index (χ4v) is 1.13. The molecule has 1 rings (SSSR count). The molecule has 0 aliphatic carbocycles. The lowest BCUT2D eigenvalue weighted by Crippen LogP contribution is -2.14. The first-order valence-corrected chi connectivity index (χ1v) is 3.52. The molecule has 0 aromatic rings. The molecule has 2 amide bonds. The Hall–Kier alpha value is -0.860. The van der Waals surface area contributed by atoms with Crippen molar-refractivity contribution < 1.29 is 9.59 Å². The SMILES string of the molecule is CCCC1CC(=O)[N]C1=O. The molecule has 0 aromatic heterocycles. The summed E-state index contributed by atoms with van der Waals surface area (Å²) in [4.78, 5) is 21.3. The van der Waals surface area contributed by atoms with Crippen LogP contribution in [0.2, 0.25) is 0 Å². The standard InChI is InChI=1S/C7H10NO2/c1-2-3-5-4-6(9)8-7(5)10/h5H,2-4H2,1H3. The largest absolute Gasteiger partial charge is 0.272 e. The van der Waals surface area contributed by atoms with Gasteiger partial charge in [-0.15, -0.1) is 0 Å². The normalized spacial score (nSPS) is 25.1. The summed E-state index contributed by atoms with van der Waals surface area (Å²) in [6.07, 6.45) is 2.08. The molecule has 0 saturated carbocycles. The van der Waals surface area contributed by atoms with Crippen molar-refractivity contribution in [1.29, 1.82) is 0 Å². The van der Waals surface area contributed by atoms with Crippen molar-refractivity contribution in [2.75, 3.05) is 0 Å². The molecule has 1 aliphatic heterocycles. The zero-order chi connectivity index (χ0) is 7.56. The van der Waals surface area contributed by atoms with Gasteiger partial charge in [0.2, 0.25) is 5.91 Å². The number of carbonyl (C=O) groups is 2. The molecular weight excluding hydrogens is 130 g/mol.